The maximum absolute atomic E-state index is 11.5. The zero-order valence-corrected chi connectivity index (χ0v) is 10.4. The highest BCUT2D eigenvalue weighted by Crippen LogP contribution is 2.04. The quantitative estimate of drug-likeness (QED) is 0.714. The van der Waals surface area contributed by atoms with Crippen LogP contribution in [0.5, 0.6) is 0 Å². The van der Waals surface area contributed by atoms with Crippen molar-refractivity contribution < 1.29 is 14.7 Å². The van der Waals surface area contributed by atoms with Gasteiger partial charge in [-0.3, -0.25) is 14.6 Å². The number of carboxylic acids is 1. The average molecular weight is 250 g/mol. The first-order valence-corrected chi connectivity index (χ1v) is 5.98. The molecular formula is C13H18N2O3. The predicted molar refractivity (Wildman–Crippen MR) is 67.0 cm³/mol. The van der Waals surface area contributed by atoms with Crippen LogP contribution >= 0.6 is 0 Å². The van der Waals surface area contributed by atoms with Gasteiger partial charge in [-0.05, 0) is 30.5 Å². The fourth-order valence-electron chi connectivity index (χ4n) is 1.51. The van der Waals surface area contributed by atoms with E-state index in [0.717, 1.165) is 5.56 Å². The summed E-state index contributed by atoms with van der Waals surface area (Å²) < 4.78 is 0. The van der Waals surface area contributed by atoms with Crippen LogP contribution in [0.3, 0.4) is 0 Å². The first-order valence-electron chi connectivity index (χ1n) is 5.98. The molecule has 0 saturated heterocycles. The molecular weight excluding hydrogens is 232 g/mol. The summed E-state index contributed by atoms with van der Waals surface area (Å²) in [6.45, 7) is 2.18. The molecule has 5 nitrogen and oxygen atoms in total. The SMILES string of the molecule is CC(CCCNC(=O)Cc1ccncc1)C(=O)O. The number of pyridine rings is 1. The molecule has 1 aromatic rings. The van der Waals surface area contributed by atoms with Crippen LogP contribution in [0.2, 0.25) is 0 Å². The number of carboxylic acid groups (broad SMARTS) is 1. The number of hydrogen-bond acceptors (Lipinski definition) is 3. The summed E-state index contributed by atoms with van der Waals surface area (Å²) in [5.74, 6) is -1.20. The second kappa shape index (κ2) is 7.42. The highest BCUT2D eigenvalue weighted by Gasteiger charge is 2.10. The molecule has 0 fully saturated rings. The second-order valence-corrected chi connectivity index (χ2v) is 4.26. The lowest BCUT2D eigenvalue weighted by Crippen LogP contribution is -2.26. The molecule has 2 N–H and O–H groups in total. The standard InChI is InChI=1S/C13H18N2O3/c1-10(13(17)18)3-2-6-15-12(16)9-11-4-7-14-8-5-11/h4-5,7-8,10H,2-3,6,9H2,1H3,(H,15,16)(H,17,18). The van der Waals surface area contributed by atoms with Crippen LogP contribution in [-0.2, 0) is 16.0 Å². The Morgan fingerprint density at radius 1 is 1.39 bits per heavy atom. The number of carbonyl (C=O) groups is 2. The second-order valence-electron chi connectivity index (χ2n) is 4.26. The molecule has 18 heavy (non-hydrogen) atoms. The van der Waals surface area contributed by atoms with Crippen molar-refractivity contribution in [3.8, 4) is 0 Å². The van der Waals surface area contributed by atoms with E-state index in [2.05, 4.69) is 10.3 Å². The van der Waals surface area contributed by atoms with Gasteiger partial charge in [0.1, 0.15) is 0 Å². The lowest BCUT2D eigenvalue weighted by atomic mass is 10.1. The maximum Gasteiger partial charge on any atom is 0.306 e. The summed E-state index contributed by atoms with van der Waals surface area (Å²) >= 11 is 0. The number of amides is 1. The normalized spacial score (nSPS) is 11.8. The van der Waals surface area contributed by atoms with Crippen molar-refractivity contribution in [3.63, 3.8) is 0 Å². The fraction of sp³-hybridized carbons (Fsp3) is 0.462. The molecule has 5 heteroatoms. The highest BCUT2D eigenvalue weighted by atomic mass is 16.4. The summed E-state index contributed by atoms with van der Waals surface area (Å²) in [5.41, 5.74) is 0.918. The zero-order chi connectivity index (χ0) is 13.4. The van der Waals surface area contributed by atoms with Crippen molar-refractivity contribution in [3.05, 3.63) is 30.1 Å². The Morgan fingerprint density at radius 3 is 2.67 bits per heavy atom. The van der Waals surface area contributed by atoms with Crippen molar-refractivity contribution in [1.29, 1.82) is 0 Å². The summed E-state index contributed by atoms with van der Waals surface area (Å²) in [5, 5.41) is 11.5. The van der Waals surface area contributed by atoms with E-state index in [4.69, 9.17) is 5.11 Å². The van der Waals surface area contributed by atoms with E-state index >= 15 is 0 Å². The molecule has 0 saturated carbocycles. The third kappa shape index (κ3) is 5.43. The molecule has 1 unspecified atom stereocenters. The van der Waals surface area contributed by atoms with E-state index < -0.39 is 5.97 Å². The molecule has 1 aromatic heterocycles. The number of aliphatic carboxylic acids is 1. The molecule has 1 amide bonds. The van der Waals surface area contributed by atoms with Gasteiger partial charge in [-0.1, -0.05) is 6.92 Å². The largest absolute Gasteiger partial charge is 0.481 e. The van der Waals surface area contributed by atoms with Crippen molar-refractivity contribution >= 4 is 11.9 Å². The minimum atomic E-state index is -0.793. The van der Waals surface area contributed by atoms with E-state index in [9.17, 15) is 9.59 Å². The Hall–Kier alpha value is -1.91. The molecule has 98 valence electrons. The molecule has 1 atom stereocenters. The molecule has 1 rings (SSSR count). The van der Waals surface area contributed by atoms with E-state index in [1.165, 1.54) is 0 Å². The van der Waals surface area contributed by atoms with Gasteiger partial charge >= 0.3 is 5.97 Å². The van der Waals surface area contributed by atoms with Gasteiger partial charge in [0, 0.05) is 18.9 Å². The first-order chi connectivity index (χ1) is 8.59. The number of carbonyl (C=O) groups excluding carboxylic acids is 1. The van der Waals surface area contributed by atoms with E-state index in [1.807, 2.05) is 0 Å². The highest BCUT2D eigenvalue weighted by molar-refractivity contribution is 5.78. The van der Waals surface area contributed by atoms with Crippen LogP contribution < -0.4 is 5.32 Å². The summed E-state index contributed by atoms with van der Waals surface area (Å²) in [6, 6.07) is 3.60. The first kappa shape index (κ1) is 14.2. The molecule has 0 aliphatic carbocycles. The Morgan fingerprint density at radius 2 is 2.06 bits per heavy atom. The summed E-state index contributed by atoms with van der Waals surface area (Å²) in [7, 11) is 0. The van der Waals surface area contributed by atoms with Gasteiger partial charge in [-0.15, -0.1) is 0 Å². The number of hydrogen-bond donors (Lipinski definition) is 2. The van der Waals surface area contributed by atoms with Crippen LogP contribution in [0.4, 0.5) is 0 Å². The van der Waals surface area contributed by atoms with E-state index in [-0.39, 0.29) is 11.8 Å². The van der Waals surface area contributed by atoms with Gasteiger partial charge in [-0.2, -0.15) is 0 Å². The topological polar surface area (TPSA) is 79.3 Å². The molecule has 0 aliphatic rings. The van der Waals surface area contributed by atoms with Crippen LogP contribution in [-0.4, -0.2) is 28.5 Å². The van der Waals surface area contributed by atoms with Crippen LogP contribution in [0, 0.1) is 5.92 Å². The Kier molecular flexibility index (Phi) is 5.84. The number of aromatic nitrogens is 1. The van der Waals surface area contributed by atoms with Crippen molar-refractivity contribution in [2.75, 3.05) is 6.54 Å². The third-order valence-corrected chi connectivity index (χ3v) is 2.67. The van der Waals surface area contributed by atoms with Gasteiger partial charge in [-0.25, -0.2) is 0 Å². The molecule has 0 radical (unpaired) electrons. The van der Waals surface area contributed by atoms with Gasteiger partial charge in [0.2, 0.25) is 5.91 Å². The third-order valence-electron chi connectivity index (χ3n) is 2.67. The smallest absolute Gasteiger partial charge is 0.306 e. The van der Waals surface area contributed by atoms with E-state index in [1.54, 1.807) is 31.5 Å². The molecule has 1 heterocycles. The molecule has 0 spiro atoms. The van der Waals surface area contributed by atoms with Crippen LogP contribution in [0.25, 0.3) is 0 Å². The summed E-state index contributed by atoms with van der Waals surface area (Å²) in [6.07, 6.45) is 4.88. The minimum absolute atomic E-state index is 0.0517. The number of rotatable bonds is 7. The van der Waals surface area contributed by atoms with Gasteiger partial charge in [0.25, 0.3) is 0 Å². The number of nitrogens with one attached hydrogen (secondary N) is 1. The molecule has 0 aromatic carbocycles. The predicted octanol–water partition coefficient (Wildman–Crippen LogP) is 1.24. The van der Waals surface area contributed by atoms with Crippen molar-refractivity contribution in [2.45, 2.75) is 26.2 Å². The van der Waals surface area contributed by atoms with Gasteiger partial charge < -0.3 is 10.4 Å². The average Bonchev–Trinajstić information content (AvgIpc) is 2.35. The number of nitrogens with zero attached hydrogens (tertiary/aromatic N) is 1. The van der Waals surface area contributed by atoms with Crippen LogP contribution in [0.1, 0.15) is 25.3 Å². The Labute approximate surface area is 106 Å². The lowest BCUT2D eigenvalue weighted by molar-refractivity contribution is -0.141. The molecule has 0 aliphatic heterocycles. The Balaban J connectivity index is 2.16. The van der Waals surface area contributed by atoms with Gasteiger partial charge in [0.05, 0.1) is 12.3 Å². The van der Waals surface area contributed by atoms with Crippen molar-refractivity contribution in [2.24, 2.45) is 5.92 Å². The van der Waals surface area contributed by atoms with Gasteiger partial charge in [0.15, 0.2) is 0 Å². The summed E-state index contributed by atoms with van der Waals surface area (Å²) in [4.78, 5) is 26.0. The fourth-order valence-corrected chi connectivity index (χ4v) is 1.51. The minimum Gasteiger partial charge on any atom is -0.481 e. The van der Waals surface area contributed by atoms with Crippen molar-refractivity contribution in [1.82, 2.24) is 10.3 Å². The monoisotopic (exact) mass is 250 g/mol. The zero-order valence-electron chi connectivity index (χ0n) is 10.4. The van der Waals surface area contributed by atoms with E-state index in [0.29, 0.717) is 25.8 Å². The Bertz CT molecular complexity index is 392. The molecule has 0 bridgehead atoms. The van der Waals surface area contributed by atoms with Crippen LogP contribution in [0.15, 0.2) is 24.5 Å². The maximum atomic E-state index is 11.5. The lowest BCUT2D eigenvalue weighted by Gasteiger charge is -2.07.